The Labute approximate surface area is 134 Å². The summed E-state index contributed by atoms with van der Waals surface area (Å²) in [5.41, 5.74) is 3.03. The van der Waals surface area contributed by atoms with Gasteiger partial charge in [0.05, 0.1) is 4.92 Å². The molecule has 6 heteroatoms. The maximum Gasteiger partial charge on any atom is 0.269 e. The quantitative estimate of drug-likeness (QED) is 0.532. The van der Waals surface area contributed by atoms with Gasteiger partial charge in [0.2, 0.25) is 0 Å². The van der Waals surface area contributed by atoms with E-state index < -0.39 is 4.92 Å². The Morgan fingerprint density at radius 1 is 1.19 bits per heavy atom. The standard InChI is InChI=1S/C15H14N2O3.V/c1-10-7-11(2)15(18)14(8-10)16-9-12-3-5-13(6-4-12)17(19)20;/h3-9,18H,1-2H3;. The number of aryl methyl sites for hydroxylation is 2. The van der Waals surface area contributed by atoms with Crippen LogP contribution in [0.1, 0.15) is 16.7 Å². The molecule has 0 spiro atoms. The first-order chi connectivity index (χ1) is 9.47. The summed E-state index contributed by atoms with van der Waals surface area (Å²) in [5, 5.41) is 20.5. The Morgan fingerprint density at radius 2 is 1.81 bits per heavy atom. The summed E-state index contributed by atoms with van der Waals surface area (Å²) in [6, 6.07) is 9.72. The average Bonchev–Trinajstić information content (AvgIpc) is 2.41. The van der Waals surface area contributed by atoms with E-state index in [1.807, 2.05) is 19.9 Å². The van der Waals surface area contributed by atoms with E-state index in [2.05, 4.69) is 4.99 Å². The van der Waals surface area contributed by atoms with Gasteiger partial charge in [-0.25, -0.2) is 0 Å². The molecular weight excluding hydrogens is 307 g/mol. The van der Waals surface area contributed by atoms with Crippen molar-refractivity contribution in [3.05, 3.63) is 63.2 Å². The number of non-ortho nitro benzene ring substituents is 1. The molecule has 0 aliphatic rings. The van der Waals surface area contributed by atoms with Crippen LogP contribution in [0.4, 0.5) is 11.4 Å². The van der Waals surface area contributed by atoms with E-state index in [9.17, 15) is 15.2 Å². The number of nitro benzene ring substituents is 1. The monoisotopic (exact) mass is 321 g/mol. The number of phenols is 1. The second kappa shape index (κ2) is 7.06. The van der Waals surface area contributed by atoms with Crippen molar-refractivity contribution in [2.45, 2.75) is 13.8 Å². The molecule has 2 rings (SSSR count). The Kier molecular flexibility index (Phi) is 5.70. The molecule has 0 bridgehead atoms. The van der Waals surface area contributed by atoms with Gasteiger partial charge in [0.1, 0.15) is 11.4 Å². The first-order valence-corrected chi connectivity index (χ1v) is 6.06. The zero-order valence-electron chi connectivity index (χ0n) is 11.6. The number of nitro groups is 1. The molecule has 1 N–H and O–H groups in total. The normalized spacial score (nSPS) is 10.4. The maximum atomic E-state index is 10.6. The van der Waals surface area contributed by atoms with Crippen LogP contribution in [0, 0.1) is 24.0 Å². The van der Waals surface area contributed by atoms with E-state index in [1.165, 1.54) is 12.1 Å². The third-order valence-corrected chi connectivity index (χ3v) is 2.88. The third-order valence-electron chi connectivity index (χ3n) is 2.88. The van der Waals surface area contributed by atoms with Gasteiger partial charge in [-0.05, 0) is 48.7 Å². The van der Waals surface area contributed by atoms with Gasteiger partial charge in [0.15, 0.2) is 0 Å². The Morgan fingerprint density at radius 3 is 2.38 bits per heavy atom. The second-order valence-electron chi connectivity index (χ2n) is 4.56. The summed E-state index contributed by atoms with van der Waals surface area (Å²) in [6.07, 6.45) is 1.57. The largest absolute Gasteiger partial charge is 0.505 e. The predicted octanol–water partition coefficient (Wildman–Crippen LogP) is 3.67. The molecule has 0 fully saturated rings. The molecule has 0 amide bonds. The molecule has 1 radical (unpaired) electrons. The summed E-state index contributed by atoms with van der Waals surface area (Å²) in [5.74, 6) is 0.147. The van der Waals surface area contributed by atoms with E-state index >= 15 is 0 Å². The molecule has 2 aromatic rings. The average molecular weight is 321 g/mol. The van der Waals surface area contributed by atoms with Crippen LogP contribution < -0.4 is 0 Å². The fraction of sp³-hybridized carbons (Fsp3) is 0.133. The van der Waals surface area contributed by atoms with Crippen molar-refractivity contribution in [2.24, 2.45) is 4.99 Å². The second-order valence-corrected chi connectivity index (χ2v) is 4.56. The van der Waals surface area contributed by atoms with E-state index in [-0.39, 0.29) is 30.0 Å². The zero-order valence-corrected chi connectivity index (χ0v) is 13.0. The summed E-state index contributed by atoms with van der Waals surface area (Å²) in [7, 11) is 0. The summed E-state index contributed by atoms with van der Waals surface area (Å²) < 4.78 is 0. The van der Waals surface area contributed by atoms with Crippen molar-refractivity contribution in [3.63, 3.8) is 0 Å². The molecule has 0 aromatic heterocycles. The van der Waals surface area contributed by atoms with Crippen molar-refractivity contribution in [3.8, 4) is 5.75 Å². The molecule has 2 aromatic carbocycles. The molecule has 0 atom stereocenters. The van der Waals surface area contributed by atoms with Crippen LogP contribution in [0.2, 0.25) is 0 Å². The first-order valence-electron chi connectivity index (χ1n) is 6.06. The van der Waals surface area contributed by atoms with Crippen molar-refractivity contribution < 1.29 is 28.6 Å². The fourth-order valence-electron chi connectivity index (χ4n) is 1.86. The molecule has 0 unspecified atom stereocenters. The summed E-state index contributed by atoms with van der Waals surface area (Å²) in [6.45, 7) is 3.74. The van der Waals surface area contributed by atoms with Crippen LogP contribution in [0.15, 0.2) is 41.4 Å². The molecule has 0 saturated carbocycles. The number of aliphatic imine (C=N–C) groups is 1. The van der Waals surface area contributed by atoms with Gasteiger partial charge in [0.25, 0.3) is 5.69 Å². The van der Waals surface area contributed by atoms with E-state index in [4.69, 9.17) is 0 Å². The minimum Gasteiger partial charge on any atom is -0.505 e. The van der Waals surface area contributed by atoms with Crippen LogP contribution in [-0.4, -0.2) is 16.2 Å². The zero-order chi connectivity index (χ0) is 14.7. The Bertz CT molecular complexity index is 682. The minimum absolute atomic E-state index is 0. The van der Waals surface area contributed by atoms with Gasteiger partial charge in [-0.3, -0.25) is 15.1 Å². The van der Waals surface area contributed by atoms with Crippen LogP contribution >= 0.6 is 0 Å². The smallest absolute Gasteiger partial charge is 0.269 e. The molecule has 0 heterocycles. The topological polar surface area (TPSA) is 75.7 Å². The third kappa shape index (κ3) is 4.18. The van der Waals surface area contributed by atoms with Gasteiger partial charge in [-0.1, -0.05) is 6.07 Å². The molecule has 5 nitrogen and oxygen atoms in total. The summed E-state index contributed by atoms with van der Waals surface area (Å²) >= 11 is 0. The van der Waals surface area contributed by atoms with E-state index in [0.717, 1.165) is 16.7 Å². The molecule has 21 heavy (non-hydrogen) atoms. The molecule has 107 valence electrons. The molecule has 0 aliphatic carbocycles. The number of hydrogen-bond donors (Lipinski definition) is 1. The van der Waals surface area contributed by atoms with Crippen molar-refractivity contribution >= 4 is 17.6 Å². The SMILES string of the molecule is Cc1cc(C)c(O)c(N=Cc2ccc([N+](=O)[O-])cc2)c1.[V]. The fourth-order valence-corrected chi connectivity index (χ4v) is 1.86. The van der Waals surface area contributed by atoms with Crippen molar-refractivity contribution in [1.82, 2.24) is 0 Å². The van der Waals surface area contributed by atoms with E-state index in [1.54, 1.807) is 24.4 Å². The first kappa shape index (κ1) is 16.9. The van der Waals surface area contributed by atoms with Crippen molar-refractivity contribution in [2.75, 3.05) is 0 Å². The Hall–Kier alpha value is -2.11. The summed E-state index contributed by atoms with van der Waals surface area (Å²) in [4.78, 5) is 14.3. The van der Waals surface area contributed by atoms with Gasteiger partial charge in [-0.2, -0.15) is 0 Å². The van der Waals surface area contributed by atoms with Gasteiger partial charge < -0.3 is 5.11 Å². The van der Waals surface area contributed by atoms with Crippen LogP contribution in [0.3, 0.4) is 0 Å². The number of rotatable bonds is 3. The predicted molar refractivity (Wildman–Crippen MR) is 77.9 cm³/mol. The number of aromatic hydroxyl groups is 1. The van der Waals surface area contributed by atoms with Crippen LogP contribution in [0.5, 0.6) is 5.75 Å². The van der Waals surface area contributed by atoms with Crippen molar-refractivity contribution in [1.29, 1.82) is 0 Å². The number of hydrogen-bond acceptors (Lipinski definition) is 4. The van der Waals surface area contributed by atoms with Gasteiger partial charge in [-0.15, -0.1) is 0 Å². The molecule has 0 aliphatic heterocycles. The minimum atomic E-state index is -0.448. The van der Waals surface area contributed by atoms with Gasteiger partial charge >= 0.3 is 0 Å². The number of nitrogens with zero attached hydrogens (tertiary/aromatic N) is 2. The Balaban J connectivity index is 0.00000220. The number of phenolic OH excluding ortho intramolecular Hbond substituents is 1. The van der Waals surface area contributed by atoms with E-state index in [0.29, 0.717) is 5.69 Å². The van der Waals surface area contributed by atoms with Crippen LogP contribution in [-0.2, 0) is 18.6 Å². The molecule has 0 saturated heterocycles. The molecular formula is C15H14N2O3V. The maximum absolute atomic E-state index is 10.6. The van der Waals surface area contributed by atoms with Gasteiger partial charge in [0, 0.05) is 36.9 Å². The van der Waals surface area contributed by atoms with Crippen LogP contribution in [0.25, 0.3) is 0 Å². The number of benzene rings is 2.